The van der Waals surface area contributed by atoms with Crippen molar-refractivity contribution >= 4 is 55.2 Å². The third kappa shape index (κ3) is 4.47. The molecule has 1 saturated heterocycles. The number of aryl methyl sites for hydroxylation is 1. The lowest BCUT2D eigenvalue weighted by Gasteiger charge is -2.34. The Kier molecular flexibility index (Phi) is 6.13. The summed E-state index contributed by atoms with van der Waals surface area (Å²) in [7, 11) is 0. The third-order valence-corrected chi connectivity index (χ3v) is 7.03. The highest BCUT2D eigenvalue weighted by Gasteiger charge is 2.20. The van der Waals surface area contributed by atoms with Crippen molar-refractivity contribution in [3.63, 3.8) is 0 Å². The molecule has 28 heavy (non-hydrogen) atoms. The van der Waals surface area contributed by atoms with Gasteiger partial charge in [-0.3, -0.25) is 9.69 Å². The van der Waals surface area contributed by atoms with Crippen molar-refractivity contribution in [2.45, 2.75) is 6.92 Å². The van der Waals surface area contributed by atoms with Crippen LogP contribution in [0.15, 0.2) is 42.5 Å². The van der Waals surface area contributed by atoms with E-state index in [2.05, 4.69) is 62.8 Å². The molecule has 1 aliphatic heterocycles. The van der Waals surface area contributed by atoms with E-state index in [9.17, 15) is 4.79 Å². The first-order valence-electron chi connectivity index (χ1n) is 9.47. The van der Waals surface area contributed by atoms with Gasteiger partial charge in [0.2, 0.25) is 0 Å². The van der Waals surface area contributed by atoms with E-state index in [-0.39, 0.29) is 5.91 Å². The summed E-state index contributed by atoms with van der Waals surface area (Å²) in [6.07, 6.45) is 0. The van der Waals surface area contributed by atoms with Crippen LogP contribution >= 0.6 is 33.9 Å². The number of benzene rings is 2. The lowest BCUT2D eigenvalue weighted by atomic mass is 10.2. The van der Waals surface area contributed by atoms with Gasteiger partial charge in [-0.1, -0.05) is 29.5 Å². The summed E-state index contributed by atoms with van der Waals surface area (Å²) in [5.41, 5.74) is 3.12. The van der Waals surface area contributed by atoms with Gasteiger partial charge in [-0.2, -0.15) is 0 Å². The number of piperazine rings is 1. The van der Waals surface area contributed by atoms with Gasteiger partial charge in [0.15, 0.2) is 5.13 Å². The van der Waals surface area contributed by atoms with Crippen molar-refractivity contribution in [3.8, 4) is 0 Å². The maximum absolute atomic E-state index is 12.3. The molecule has 0 bridgehead atoms. The zero-order chi connectivity index (χ0) is 19.5. The maximum atomic E-state index is 12.3. The summed E-state index contributed by atoms with van der Waals surface area (Å²) in [4.78, 5) is 21.9. The molecule has 2 aromatic carbocycles. The fourth-order valence-electron chi connectivity index (χ4n) is 3.39. The van der Waals surface area contributed by atoms with E-state index >= 15 is 0 Å². The van der Waals surface area contributed by atoms with Gasteiger partial charge in [0.25, 0.3) is 5.91 Å². The Bertz CT molecular complexity index is 981. The van der Waals surface area contributed by atoms with Crippen LogP contribution in [0.5, 0.6) is 0 Å². The summed E-state index contributed by atoms with van der Waals surface area (Å²) in [6.45, 7) is 7.61. The number of anilines is 1. The molecule has 7 heteroatoms. The molecular weight excluding hydrogens is 483 g/mol. The number of aromatic nitrogens is 1. The molecule has 0 aliphatic carbocycles. The fraction of sp³-hybridized carbons (Fsp3) is 0.333. The molecule has 1 aromatic heterocycles. The Hall–Kier alpha value is -1.71. The number of fused-ring (bicyclic) bond motifs is 1. The minimum Gasteiger partial charge on any atom is -0.351 e. The van der Waals surface area contributed by atoms with Crippen molar-refractivity contribution in [3.05, 3.63) is 57.2 Å². The van der Waals surface area contributed by atoms with E-state index in [0.717, 1.165) is 52.5 Å². The van der Waals surface area contributed by atoms with E-state index in [1.54, 1.807) is 11.3 Å². The van der Waals surface area contributed by atoms with E-state index < -0.39 is 0 Å². The lowest BCUT2D eigenvalue weighted by Crippen LogP contribution is -2.48. The van der Waals surface area contributed by atoms with Gasteiger partial charge in [-0.25, -0.2) is 4.98 Å². The molecule has 1 amide bonds. The van der Waals surface area contributed by atoms with Gasteiger partial charge < -0.3 is 10.2 Å². The highest BCUT2D eigenvalue weighted by Crippen LogP contribution is 2.29. The number of carbonyl (C=O) groups is 1. The van der Waals surface area contributed by atoms with Crippen LogP contribution in [0.25, 0.3) is 10.2 Å². The van der Waals surface area contributed by atoms with Gasteiger partial charge >= 0.3 is 0 Å². The molecule has 0 saturated carbocycles. The normalized spacial score (nSPS) is 15.1. The van der Waals surface area contributed by atoms with Crippen molar-refractivity contribution in [1.82, 2.24) is 15.2 Å². The number of hydrogen-bond donors (Lipinski definition) is 1. The van der Waals surface area contributed by atoms with Crippen LogP contribution < -0.4 is 10.2 Å². The second-order valence-electron chi connectivity index (χ2n) is 7.03. The first-order valence-corrected chi connectivity index (χ1v) is 11.4. The SMILES string of the molecule is Cc1ccc2nc(N3CCN(CCNC(=O)c4ccccc4I)CC3)sc2c1. The Morgan fingerprint density at radius 3 is 2.75 bits per heavy atom. The van der Waals surface area contributed by atoms with Crippen LogP contribution in [0, 0.1) is 10.5 Å². The smallest absolute Gasteiger partial charge is 0.252 e. The predicted octanol–water partition coefficient (Wildman–Crippen LogP) is 3.76. The van der Waals surface area contributed by atoms with Gasteiger partial charge in [0, 0.05) is 42.8 Å². The number of nitrogens with one attached hydrogen (secondary N) is 1. The average Bonchev–Trinajstić information content (AvgIpc) is 3.12. The predicted molar refractivity (Wildman–Crippen MR) is 125 cm³/mol. The molecule has 3 aromatic rings. The average molecular weight is 506 g/mol. The molecule has 0 spiro atoms. The number of rotatable bonds is 5. The molecular formula is C21H23IN4OS. The molecule has 2 heterocycles. The number of amides is 1. The van der Waals surface area contributed by atoms with Crippen LogP contribution in [-0.2, 0) is 0 Å². The Balaban J connectivity index is 1.26. The number of nitrogens with zero attached hydrogens (tertiary/aromatic N) is 3. The van der Waals surface area contributed by atoms with Crippen molar-refractivity contribution in [2.75, 3.05) is 44.2 Å². The molecule has 0 radical (unpaired) electrons. The van der Waals surface area contributed by atoms with Gasteiger partial charge in [0.1, 0.15) is 0 Å². The molecule has 1 aliphatic rings. The Morgan fingerprint density at radius 2 is 1.96 bits per heavy atom. The zero-order valence-electron chi connectivity index (χ0n) is 15.8. The largest absolute Gasteiger partial charge is 0.351 e. The molecule has 4 rings (SSSR count). The summed E-state index contributed by atoms with van der Waals surface area (Å²) >= 11 is 3.98. The summed E-state index contributed by atoms with van der Waals surface area (Å²) < 4.78 is 2.24. The monoisotopic (exact) mass is 506 g/mol. The molecule has 1 fully saturated rings. The summed E-state index contributed by atoms with van der Waals surface area (Å²) in [5, 5.41) is 4.16. The molecule has 146 valence electrons. The third-order valence-electron chi connectivity index (χ3n) is 5.01. The number of thiazole rings is 1. The standard InChI is InChI=1S/C21H23IN4OS/c1-15-6-7-18-19(14-15)28-21(24-18)26-12-10-25(11-13-26)9-8-23-20(27)16-4-2-3-5-17(16)22/h2-7,14H,8-13H2,1H3,(H,23,27). The fourth-order valence-corrected chi connectivity index (χ4v) is 5.13. The molecule has 0 atom stereocenters. The first kappa shape index (κ1) is 19.6. The topological polar surface area (TPSA) is 48.5 Å². The maximum Gasteiger partial charge on any atom is 0.252 e. The van der Waals surface area contributed by atoms with E-state index in [0.29, 0.717) is 6.54 Å². The highest BCUT2D eigenvalue weighted by molar-refractivity contribution is 14.1. The second-order valence-corrected chi connectivity index (χ2v) is 9.20. The van der Waals surface area contributed by atoms with Crippen molar-refractivity contribution < 1.29 is 4.79 Å². The number of carbonyl (C=O) groups excluding carboxylic acids is 1. The van der Waals surface area contributed by atoms with Crippen LogP contribution in [-0.4, -0.2) is 55.1 Å². The number of halogens is 1. The van der Waals surface area contributed by atoms with Crippen LogP contribution in [0.3, 0.4) is 0 Å². The number of hydrogen-bond acceptors (Lipinski definition) is 5. The Labute approximate surface area is 182 Å². The van der Waals surface area contributed by atoms with E-state index in [1.807, 2.05) is 24.3 Å². The zero-order valence-corrected chi connectivity index (χ0v) is 18.8. The van der Waals surface area contributed by atoms with Crippen LogP contribution in [0.2, 0.25) is 0 Å². The van der Waals surface area contributed by atoms with Crippen molar-refractivity contribution in [2.24, 2.45) is 0 Å². The summed E-state index contributed by atoms with van der Waals surface area (Å²) in [5.74, 6) is 0.00778. The van der Waals surface area contributed by atoms with Gasteiger partial charge in [0.05, 0.1) is 15.8 Å². The minimum absolute atomic E-state index is 0.00778. The van der Waals surface area contributed by atoms with Gasteiger partial charge in [-0.05, 0) is 59.3 Å². The van der Waals surface area contributed by atoms with E-state index in [4.69, 9.17) is 4.98 Å². The first-order chi connectivity index (χ1) is 13.6. The Morgan fingerprint density at radius 1 is 1.18 bits per heavy atom. The molecule has 0 unspecified atom stereocenters. The highest BCUT2D eigenvalue weighted by atomic mass is 127. The quantitative estimate of drug-likeness (QED) is 0.536. The second kappa shape index (κ2) is 8.75. The van der Waals surface area contributed by atoms with Crippen LogP contribution in [0.4, 0.5) is 5.13 Å². The van der Waals surface area contributed by atoms with Crippen molar-refractivity contribution in [1.29, 1.82) is 0 Å². The van der Waals surface area contributed by atoms with Gasteiger partial charge in [-0.15, -0.1) is 0 Å². The molecule has 5 nitrogen and oxygen atoms in total. The minimum atomic E-state index is 0.00778. The summed E-state index contributed by atoms with van der Waals surface area (Å²) in [6, 6.07) is 14.1. The molecule has 1 N–H and O–H groups in total. The van der Waals surface area contributed by atoms with E-state index in [1.165, 1.54) is 10.3 Å². The lowest BCUT2D eigenvalue weighted by molar-refractivity contribution is 0.0947. The van der Waals surface area contributed by atoms with Crippen LogP contribution in [0.1, 0.15) is 15.9 Å².